The number of hydrazone groups is 1. The first-order chi connectivity index (χ1) is 30.1. The maximum atomic E-state index is 12.4. The normalized spacial score (nSPS) is 18.3. The van der Waals surface area contributed by atoms with E-state index < -0.39 is 47.4 Å². The Bertz CT molecular complexity index is 1910. The molecule has 0 spiro atoms. The molecule has 0 radical (unpaired) electrons. The van der Waals surface area contributed by atoms with Crippen LogP contribution in [0.25, 0.3) is 11.2 Å². The molecule has 6 atom stereocenters. The number of carbonyl (C=O) groups excluding carboxylic acids is 2. The van der Waals surface area contributed by atoms with Gasteiger partial charge in [-0.05, 0) is 36.5 Å². The number of carbonyl (C=O) groups is 3. The summed E-state index contributed by atoms with van der Waals surface area (Å²) in [6.45, 7) is 4.70. The number of carboxylic acids is 1. The van der Waals surface area contributed by atoms with Gasteiger partial charge in [-0.3, -0.25) is 19.0 Å². The van der Waals surface area contributed by atoms with Crippen molar-refractivity contribution in [2.45, 2.75) is 62.7 Å². The Labute approximate surface area is 363 Å². The van der Waals surface area contributed by atoms with Gasteiger partial charge in [-0.1, -0.05) is 18.1 Å². The second kappa shape index (κ2) is 28.0. The van der Waals surface area contributed by atoms with Crippen molar-refractivity contribution < 1.29 is 54.4 Å². The molecular weight excluding hydrogens is 827 g/mol. The van der Waals surface area contributed by atoms with Crippen molar-refractivity contribution >= 4 is 51.9 Å². The average Bonchev–Trinajstić information content (AvgIpc) is 3.82. The number of imidazole rings is 1. The third-order valence-corrected chi connectivity index (χ3v) is 11.5. The standard InChI is InChI=1S/C40H59N11O10S/c41-12-14-44-36-33-37(47-26-46-36)51(27-48-33)39-35(54)34(53)31(61-39)25-62(23-11-30(43)40(56)57)22-5-3-1-2-4-6-32(52)50-49-24-28-7-9-29(10-8-28)38(55)45-15-17-59-19-21-60-20-18-58-16-13-42/h7-10,24,26-27,30-31,34-35,39,53-54H,1-2,4,6,11-23,25,41-43H2,(H3-,44,45,46,47,50,52,55,56,57)/p+2. The van der Waals surface area contributed by atoms with E-state index in [4.69, 9.17) is 30.4 Å². The minimum Gasteiger partial charge on any atom is -0.480 e. The molecule has 0 aliphatic carbocycles. The third-order valence-electron chi connectivity index (χ3n) is 9.34. The number of nitrogens with two attached hydrogens (primary N) is 2. The maximum Gasteiger partial charge on any atom is 0.320 e. The van der Waals surface area contributed by atoms with Gasteiger partial charge in [0.1, 0.15) is 42.2 Å². The minimum absolute atomic E-state index is 0.212. The molecule has 3 heterocycles. The lowest BCUT2D eigenvalue weighted by Crippen LogP contribution is -2.53. The molecule has 62 heavy (non-hydrogen) atoms. The van der Waals surface area contributed by atoms with Gasteiger partial charge in [0.2, 0.25) is 5.91 Å². The summed E-state index contributed by atoms with van der Waals surface area (Å²) in [6, 6.07) is 5.74. The number of carboxylic acid groups (broad SMARTS) is 1. The molecular formula is C40H61N11O10S+2. The van der Waals surface area contributed by atoms with Crippen LogP contribution in [0.4, 0.5) is 5.82 Å². The van der Waals surface area contributed by atoms with Crippen molar-refractivity contribution in [3.8, 4) is 11.8 Å². The minimum atomic E-state index is -1.27. The topological polar surface area (TPSA) is 321 Å². The zero-order chi connectivity index (χ0) is 44.5. The first-order valence-corrected chi connectivity index (χ1v) is 22.3. The number of fused-ring (bicyclic) bond motifs is 1. The zero-order valence-corrected chi connectivity index (χ0v) is 35.7. The lowest BCUT2D eigenvalue weighted by atomic mass is 10.1. The Morgan fingerprint density at radius 3 is 2.47 bits per heavy atom. The van der Waals surface area contributed by atoms with Gasteiger partial charge < -0.3 is 62.1 Å². The number of quaternary nitrogens is 1. The highest BCUT2D eigenvalue weighted by Gasteiger charge is 2.47. The lowest BCUT2D eigenvalue weighted by molar-refractivity contribution is -0.362. The van der Waals surface area contributed by atoms with E-state index in [2.05, 4.69) is 53.7 Å². The van der Waals surface area contributed by atoms with Gasteiger partial charge in [0.25, 0.3) is 5.91 Å². The highest BCUT2D eigenvalue weighted by atomic mass is 32.2. The highest BCUT2D eigenvalue weighted by Crippen LogP contribution is 2.33. The van der Waals surface area contributed by atoms with Crippen LogP contribution in [0, 0.1) is 11.8 Å². The molecule has 13 N–H and O–H groups in total. The number of nitrogens with zero attached hydrogens (tertiary/aromatic N) is 5. The van der Waals surface area contributed by atoms with E-state index in [1.807, 2.05) is 0 Å². The number of amides is 2. The number of aliphatic carboxylic acids is 1. The number of aromatic nitrogens is 4. The van der Waals surface area contributed by atoms with Crippen molar-refractivity contribution in [2.24, 2.45) is 16.6 Å². The fraction of sp³-hybridized carbons (Fsp3) is 0.575. The molecule has 1 saturated heterocycles. The van der Waals surface area contributed by atoms with Crippen LogP contribution in [0.2, 0.25) is 0 Å². The van der Waals surface area contributed by atoms with Gasteiger partial charge in [0.15, 0.2) is 29.0 Å². The van der Waals surface area contributed by atoms with E-state index in [9.17, 15) is 29.7 Å². The Hall–Kier alpha value is -4.80. The number of hydrogen-bond donors (Lipinski definition) is 9. The molecule has 3 aromatic rings. The SMILES string of the molecule is NCCOCCOCCOCCNC(=O)c1ccc(/C=N\NC(=O)CCCCC#CC[S+](CCC(N)C(=O)O)CC2OC(n3cnc4c(NCC[NH3+])ncnc43)C(O)C2O)cc1. The smallest absolute Gasteiger partial charge is 0.320 e. The Morgan fingerprint density at radius 2 is 1.74 bits per heavy atom. The van der Waals surface area contributed by atoms with Gasteiger partial charge in [-0.25, -0.2) is 20.4 Å². The van der Waals surface area contributed by atoms with Gasteiger partial charge in [-0.2, -0.15) is 5.10 Å². The first kappa shape index (κ1) is 49.9. The summed E-state index contributed by atoms with van der Waals surface area (Å²) >= 11 is 0. The van der Waals surface area contributed by atoms with Gasteiger partial charge in [-0.15, -0.1) is 0 Å². The number of anilines is 1. The van der Waals surface area contributed by atoms with Crippen molar-refractivity contribution in [2.75, 3.05) is 88.4 Å². The molecule has 21 nitrogen and oxygen atoms in total. The average molecular weight is 888 g/mol. The van der Waals surface area contributed by atoms with Crippen molar-refractivity contribution in [1.29, 1.82) is 0 Å². The van der Waals surface area contributed by atoms with Crippen LogP contribution < -0.4 is 33.3 Å². The second-order valence-corrected chi connectivity index (χ2v) is 16.3. The molecule has 22 heteroatoms. The molecule has 1 fully saturated rings. The van der Waals surface area contributed by atoms with Gasteiger partial charge >= 0.3 is 5.97 Å². The molecule has 2 amide bonds. The predicted octanol–water partition coefficient (Wildman–Crippen LogP) is -2.03. The number of unbranched alkanes of at least 4 members (excludes halogenated alkanes) is 2. The summed E-state index contributed by atoms with van der Waals surface area (Å²) in [5.74, 6) is 6.44. The summed E-state index contributed by atoms with van der Waals surface area (Å²) in [7, 11) is -0.519. The summed E-state index contributed by atoms with van der Waals surface area (Å²) in [6.07, 6.45) is 2.41. The molecule has 340 valence electrons. The molecule has 1 aliphatic rings. The second-order valence-electron chi connectivity index (χ2n) is 14.1. The van der Waals surface area contributed by atoms with Crippen LogP contribution in [-0.4, -0.2) is 166 Å². The lowest BCUT2D eigenvalue weighted by Gasteiger charge is -2.16. The number of benzene rings is 1. The van der Waals surface area contributed by atoms with Crippen LogP contribution in [0.3, 0.4) is 0 Å². The van der Waals surface area contributed by atoms with Gasteiger partial charge in [0, 0.05) is 48.8 Å². The third kappa shape index (κ3) is 16.8. The number of hydrogen-bond acceptors (Lipinski definition) is 16. The number of nitrogens with one attached hydrogen (secondary N) is 3. The number of rotatable bonds is 29. The molecule has 1 aromatic carbocycles. The quantitative estimate of drug-likeness (QED) is 0.0119. The fourth-order valence-corrected chi connectivity index (χ4v) is 8.06. The Morgan fingerprint density at radius 1 is 1.00 bits per heavy atom. The van der Waals surface area contributed by atoms with Crippen LogP contribution >= 0.6 is 0 Å². The monoisotopic (exact) mass is 887 g/mol. The van der Waals surface area contributed by atoms with Crippen molar-refractivity contribution in [3.63, 3.8) is 0 Å². The van der Waals surface area contributed by atoms with Crippen LogP contribution in [0.5, 0.6) is 0 Å². The van der Waals surface area contributed by atoms with Crippen LogP contribution in [0.1, 0.15) is 54.3 Å². The van der Waals surface area contributed by atoms with E-state index in [1.54, 1.807) is 28.8 Å². The highest BCUT2D eigenvalue weighted by molar-refractivity contribution is 7.97. The van der Waals surface area contributed by atoms with Crippen LogP contribution in [-0.2, 0) is 39.4 Å². The van der Waals surface area contributed by atoms with Gasteiger partial charge in [0.05, 0.1) is 65.3 Å². The van der Waals surface area contributed by atoms with E-state index in [1.165, 1.54) is 18.9 Å². The van der Waals surface area contributed by atoms with Crippen LogP contribution in [0.15, 0.2) is 42.0 Å². The molecule has 6 unspecified atom stereocenters. The molecule has 0 saturated carbocycles. The first-order valence-electron chi connectivity index (χ1n) is 20.6. The predicted molar refractivity (Wildman–Crippen MR) is 232 cm³/mol. The molecule has 2 aromatic heterocycles. The van der Waals surface area contributed by atoms with E-state index in [0.717, 1.165) is 0 Å². The number of ether oxygens (including phenoxy) is 4. The maximum absolute atomic E-state index is 12.4. The van der Waals surface area contributed by atoms with Crippen molar-refractivity contribution in [1.82, 2.24) is 30.3 Å². The number of aliphatic hydroxyl groups excluding tert-OH is 2. The zero-order valence-electron chi connectivity index (χ0n) is 34.9. The summed E-state index contributed by atoms with van der Waals surface area (Å²) in [5, 5.41) is 41.4. The Kier molecular flexibility index (Phi) is 22.5. The van der Waals surface area contributed by atoms with E-state index in [0.29, 0.717) is 130 Å². The number of aliphatic hydroxyl groups is 2. The fourth-order valence-electron chi connectivity index (χ4n) is 5.99. The molecule has 4 rings (SSSR count). The summed E-state index contributed by atoms with van der Waals surface area (Å²) in [4.78, 5) is 49.2. The van der Waals surface area contributed by atoms with Crippen molar-refractivity contribution in [3.05, 3.63) is 48.0 Å². The largest absolute Gasteiger partial charge is 0.480 e. The van der Waals surface area contributed by atoms with E-state index >= 15 is 0 Å². The molecule has 1 aliphatic heterocycles. The molecule has 0 bridgehead atoms. The Balaban J connectivity index is 1.14. The summed E-state index contributed by atoms with van der Waals surface area (Å²) in [5.41, 5.74) is 19.6. The summed E-state index contributed by atoms with van der Waals surface area (Å²) < 4.78 is 23.8. The van der Waals surface area contributed by atoms with E-state index in [-0.39, 0.29) is 24.7 Å².